The maximum absolute atomic E-state index is 13.0. The number of fused-ring (bicyclic) bond motifs is 4. The quantitative estimate of drug-likeness (QED) is 0.602. The van der Waals surface area contributed by atoms with Crippen LogP contribution in [0.5, 0.6) is 5.75 Å². The molecule has 0 radical (unpaired) electrons. The Kier molecular flexibility index (Phi) is 3.10. The Morgan fingerprint density at radius 3 is 2.58 bits per heavy atom. The molecule has 0 bridgehead atoms. The minimum Gasteiger partial charge on any atom is -0.507 e. The topological polar surface area (TPSA) is 67.5 Å². The SMILES string of the molecule is CCCc1cc2c(C)cc3c(c2o1)C(=O)c1c(O)cccc1C3=O. The number of benzene rings is 2. The second-order valence-corrected chi connectivity index (χ2v) is 6.18. The second-order valence-electron chi connectivity index (χ2n) is 6.18. The highest BCUT2D eigenvalue weighted by Gasteiger charge is 2.35. The molecule has 0 atom stereocenters. The molecule has 4 heteroatoms. The van der Waals surface area contributed by atoms with Gasteiger partial charge < -0.3 is 9.52 Å². The molecule has 1 aromatic heterocycles. The highest BCUT2D eigenvalue weighted by molar-refractivity contribution is 6.32. The van der Waals surface area contributed by atoms with Gasteiger partial charge in [0.1, 0.15) is 17.1 Å². The number of ketones is 2. The molecule has 1 aliphatic carbocycles. The number of phenols is 1. The summed E-state index contributed by atoms with van der Waals surface area (Å²) in [6, 6.07) is 8.25. The van der Waals surface area contributed by atoms with E-state index in [1.54, 1.807) is 18.2 Å². The van der Waals surface area contributed by atoms with E-state index >= 15 is 0 Å². The minimum absolute atomic E-state index is 0.0635. The molecule has 4 rings (SSSR count). The van der Waals surface area contributed by atoms with Crippen molar-refractivity contribution in [3.05, 3.63) is 63.9 Å². The van der Waals surface area contributed by atoms with E-state index in [0.717, 1.165) is 29.6 Å². The van der Waals surface area contributed by atoms with Gasteiger partial charge in [-0.1, -0.05) is 19.1 Å². The van der Waals surface area contributed by atoms with Crippen molar-refractivity contribution >= 4 is 22.5 Å². The van der Waals surface area contributed by atoms with Crippen LogP contribution >= 0.6 is 0 Å². The Morgan fingerprint density at radius 1 is 1.04 bits per heavy atom. The Hall–Kier alpha value is -2.88. The zero-order valence-corrected chi connectivity index (χ0v) is 13.5. The molecule has 0 aliphatic heterocycles. The van der Waals surface area contributed by atoms with E-state index in [2.05, 4.69) is 6.92 Å². The van der Waals surface area contributed by atoms with Crippen LogP contribution in [-0.2, 0) is 6.42 Å². The van der Waals surface area contributed by atoms with Crippen LogP contribution in [0.4, 0.5) is 0 Å². The Morgan fingerprint density at radius 2 is 1.83 bits per heavy atom. The highest BCUT2D eigenvalue weighted by atomic mass is 16.3. The van der Waals surface area contributed by atoms with Crippen molar-refractivity contribution in [2.24, 2.45) is 0 Å². The molecule has 120 valence electrons. The summed E-state index contributed by atoms with van der Waals surface area (Å²) in [6.07, 6.45) is 1.70. The van der Waals surface area contributed by atoms with Crippen molar-refractivity contribution < 1.29 is 19.1 Å². The molecule has 24 heavy (non-hydrogen) atoms. The molecule has 1 heterocycles. The molecule has 1 N–H and O–H groups in total. The van der Waals surface area contributed by atoms with E-state index in [1.165, 1.54) is 6.07 Å². The summed E-state index contributed by atoms with van der Waals surface area (Å²) in [5, 5.41) is 10.9. The van der Waals surface area contributed by atoms with E-state index in [-0.39, 0.29) is 34.0 Å². The second kappa shape index (κ2) is 5.06. The molecule has 0 fully saturated rings. The van der Waals surface area contributed by atoms with Crippen LogP contribution in [0.3, 0.4) is 0 Å². The molecule has 2 aromatic carbocycles. The first-order valence-electron chi connectivity index (χ1n) is 8.00. The normalized spacial score (nSPS) is 13.2. The van der Waals surface area contributed by atoms with Crippen LogP contribution in [0.1, 0.15) is 56.5 Å². The van der Waals surface area contributed by atoms with Crippen molar-refractivity contribution in [3.63, 3.8) is 0 Å². The summed E-state index contributed by atoms with van der Waals surface area (Å²) in [6.45, 7) is 3.96. The lowest BCUT2D eigenvalue weighted by molar-refractivity contribution is 0.0977. The molecule has 0 unspecified atom stereocenters. The van der Waals surface area contributed by atoms with Crippen molar-refractivity contribution in [1.82, 2.24) is 0 Å². The Labute approximate surface area is 138 Å². The summed E-state index contributed by atoms with van der Waals surface area (Å²) in [5.41, 5.74) is 2.26. The lowest BCUT2D eigenvalue weighted by Crippen LogP contribution is -2.21. The van der Waals surface area contributed by atoms with Crippen molar-refractivity contribution in [2.45, 2.75) is 26.7 Å². The van der Waals surface area contributed by atoms with Gasteiger partial charge in [0, 0.05) is 22.9 Å². The third kappa shape index (κ3) is 1.86. The van der Waals surface area contributed by atoms with Crippen LogP contribution < -0.4 is 0 Å². The van der Waals surface area contributed by atoms with Gasteiger partial charge in [-0.3, -0.25) is 9.59 Å². The van der Waals surface area contributed by atoms with Crippen molar-refractivity contribution in [3.8, 4) is 5.75 Å². The number of aromatic hydroxyl groups is 1. The van der Waals surface area contributed by atoms with Gasteiger partial charge in [-0.25, -0.2) is 0 Å². The molecular formula is C20H16O4. The maximum Gasteiger partial charge on any atom is 0.202 e. The van der Waals surface area contributed by atoms with Crippen LogP contribution in [0.25, 0.3) is 11.0 Å². The average molecular weight is 320 g/mol. The standard InChI is InChI=1S/C20H16O4/c1-3-5-11-9-13-10(2)8-14-17(20(13)24-11)19(23)16-12(18(14)22)6-4-7-15(16)21/h4,6-9,21H,3,5H2,1-2H3. The Balaban J connectivity index is 2.07. The van der Waals surface area contributed by atoms with Crippen LogP contribution in [-0.4, -0.2) is 16.7 Å². The fourth-order valence-corrected chi connectivity index (χ4v) is 3.42. The molecule has 4 nitrogen and oxygen atoms in total. The van der Waals surface area contributed by atoms with E-state index in [4.69, 9.17) is 4.42 Å². The third-order valence-corrected chi connectivity index (χ3v) is 4.55. The van der Waals surface area contributed by atoms with Crippen LogP contribution in [0.15, 0.2) is 34.7 Å². The minimum atomic E-state index is -0.361. The number of hydrogen-bond acceptors (Lipinski definition) is 4. The molecule has 3 aromatic rings. The fraction of sp³-hybridized carbons (Fsp3) is 0.200. The molecule has 0 saturated heterocycles. The number of carbonyl (C=O) groups is 2. The van der Waals surface area contributed by atoms with Gasteiger partial charge in [0.2, 0.25) is 5.78 Å². The van der Waals surface area contributed by atoms with E-state index in [0.29, 0.717) is 11.1 Å². The zero-order chi connectivity index (χ0) is 17.0. The molecule has 1 aliphatic rings. The lowest BCUT2D eigenvalue weighted by Gasteiger charge is -2.19. The lowest BCUT2D eigenvalue weighted by atomic mass is 9.82. The first-order chi connectivity index (χ1) is 11.5. The predicted molar refractivity (Wildman–Crippen MR) is 89.9 cm³/mol. The van der Waals surface area contributed by atoms with Gasteiger partial charge in [-0.2, -0.15) is 0 Å². The summed E-state index contributed by atoms with van der Waals surface area (Å²) < 4.78 is 5.91. The number of furan rings is 1. The molecular weight excluding hydrogens is 304 g/mol. The van der Waals surface area contributed by atoms with Gasteiger partial charge >= 0.3 is 0 Å². The van der Waals surface area contributed by atoms with Crippen molar-refractivity contribution in [2.75, 3.05) is 0 Å². The monoisotopic (exact) mass is 320 g/mol. The summed E-state index contributed by atoms with van der Waals surface area (Å²) >= 11 is 0. The number of aryl methyl sites for hydroxylation is 2. The molecule has 0 saturated carbocycles. The predicted octanol–water partition coefficient (Wildman–Crippen LogP) is 4.17. The van der Waals surface area contributed by atoms with Crippen molar-refractivity contribution in [1.29, 1.82) is 0 Å². The molecule has 0 amide bonds. The van der Waals surface area contributed by atoms with E-state index in [1.807, 2.05) is 13.0 Å². The summed E-state index contributed by atoms with van der Waals surface area (Å²) in [5.74, 6) is 0.00642. The smallest absolute Gasteiger partial charge is 0.202 e. The van der Waals surface area contributed by atoms with Gasteiger partial charge in [-0.15, -0.1) is 0 Å². The molecule has 0 spiro atoms. The zero-order valence-electron chi connectivity index (χ0n) is 13.5. The highest BCUT2D eigenvalue weighted by Crippen LogP contribution is 2.38. The first kappa shape index (κ1) is 14.7. The first-order valence-corrected chi connectivity index (χ1v) is 8.00. The van der Waals surface area contributed by atoms with Gasteiger partial charge in [0.05, 0.1) is 11.1 Å². The van der Waals surface area contributed by atoms with Gasteiger partial charge in [0.15, 0.2) is 5.78 Å². The Bertz CT molecular complexity index is 1020. The number of carbonyl (C=O) groups excluding carboxylic acids is 2. The average Bonchev–Trinajstić information content (AvgIpc) is 2.97. The van der Waals surface area contributed by atoms with Crippen LogP contribution in [0, 0.1) is 6.92 Å². The van der Waals surface area contributed by atoms with E-state index < -0.39 is 0 Å². The van der Waals surface area contributed by atoms with Crippen LogP contribution in [0.2, 0.25) is 0 Å². The number of hydrogen-bond donors (Lipinski definition) is 1. The summed E-state index contributed by atoms with van der Waals surface area (Å²) in [7, 11) is 0. The largest absolute Gasteiger partial charge is 0.507 e. The van der Waals surface area contributed by atoms with Gasteiger partial charge in [-0.05, 0) is 37.1 Å². The van der Waals surface area contributed by atoms with Gasteiger partial charge in [0.25, 0.3) is 0 Å². The third-order valence-electron chi connectivity index (χ3n) is 4.55. The maximum atomic E-state index is 13.0. The van der Waals surface area contributed by atoms with E-state index in [9.17, 15) is 14.7 Å². The number of phenolic OH excluding ortho intramolecular Hbond substituents is 1. The summed E-state index contributed by atoms with van der Waals surface area (Å²) in [4.78, 5) is 25.8. The fourth-order valence-electron chi connectivity index (χ4n) is 3.42. The number of rotatable bonds is 2.